The molecule has 0 amide bonds. The molecule has 0 spiro atoms. The maximum Gasteiger partial charge on any atom is 0.129 e. The SMILES string of the molecule is OC(c1ccccc1F)c1nc2ccccc2cc1Br. The molecule has 0 aliphatic carbocycles. The molecule has 1 N–H and O–H groups in total. The molecule has 0 saturated heterocycles. The van der Waals surface area contributed by atoms with Gasteiger partial charge in [0.1, 0.15) is 11.9 Å². The van der Waals surface area contributed by atoms with Crippen LogP contribution in [0, 0.1) is 5.82 Å². The van der Waals surface area contributed by atoms with Crippen molar-refractivity contribution in [1.29, 1.82) is 0 Å². The number of aromatic nitrogens is 1. The lowest BCUT2D eigenvalue weighted by Crippen LogP contribution is -2.06. The van der Waals surface area contributed by atoms with Crippen LogP contribution in [0.1, 0.15) is 17.4 Å². The number of nitrogens with zero attached hydrogens (tertiary/aromatic N) is 1. The smallest absolute Gasteiger partial charge is 0.129 e. The monoisotopic (exact) mass is 331 g/mol. The third kappa shape index (κ3) is 2.32. The van der Waals surface area contributed by atoms with Crippen LogP contribution in [0.3, 0.4) is 0 Å². The van der Waals surface area contributed by atoms with Crippen molar-refractivity contribution in [3.05, 3.63) is 76.1 Å². The van der Waals surface area contributed by atoms with E-state index in [1.54, 1.807) is 18.2 Å². The third-order valence-electron chi connectivity index (χ3n) is 3.16. The van der Waals surface area contributed by atoms with Gasteiger partial charge in [-0.2, -0.15) is 0 Å². The first-order valence-corrected chi connectivity index (χ1v) is 6.94. The molecule has 0 saturated carbocycles. The Morgan fingerprint density at radius 1 is 1.05 bits per heavy atom. The fourth-order valence-corrected chi connectivity index (χ4v) is 2.69. The van der Waals surface area contributed by atoms with Crippen molar-refractivity contribution in [2.24, 2.45) is 0 Å². The molecule has 2 nitrogen and oxygen atoms in total. The highest BCUT2D eigenvalue weighted by Crippen LogP contribution is 2.30. The van der Waals surface area contributed by atoms with Gasteiger partial charge in [-0.3, -0.25) is 0 Å². The third-order valence-corrected chi connectivity index (χ3v) is 3.80. The van der Waals surface area contributed by atoms with E-state index in [1.165, 1.54) is 6.07 Å². The fourth-order valence-electron chi connectivity index (χ4n) is 2.14. The molecular formula is C16H11BrFNO. The number of aliphatic hydroxyl groups is 1. The van der Waals surface area contributed by atoms with Gasteiger partial charge >= 0.3 is 0 Å². The van der Waals surface area contributed by atoms with E-state index in [1.807, 2.05) is 30.3 Å². The van der Waals surface area contributed by atoms with Crippen molar-refractivity contribution >= 4 is 26.8 Å². The molecule has 1 heterocycles. The first-order chi connectivity index (χ1) is 9.66. The summed E-state index contributed by atoms with van der Waals surface area (Å²) in [5.74, 6) is -0.443. The molecule has 2 aromatic carbocycles. The Bertz CT molecular complexity index is 775. The van der Waals surface area contributed by atoms with Gasteiger partial charge in [-0.25, -0.2) is 9.37 Å². The average molecular weight is 332 g/mol. The number of pyridine rings is 1. The summed E-state index contributed by atoms with van der Waals surface area (Å²) >= 11 is 3.39. The van der Waals surface area contributed by atoms with E-state index in [9.17, 15) is 9.50 Å². The van der Waals surface area contributed by atoms with Gasteiger partial charge < -0.3 is 5.11 Å². The van der Waals surface area contributed by atoms with E-state index in [-0.39, 0.29) is 5.56 Å². The van der Waals surface area contributed by atoms with Crippen molar-refractivity contribution in [2.75, 3.05) is 0 Å². The summed E-state index contributed by atoms with van der Waals surface area (Å²) in [4.78, 5) is 4.43. The van der Waals surface area contributed by atoms with E-state index >= 15 is 0 Å². The van der Waals surface area contributed by atoms with Crippen LogP contribution in [-0.2, 0) is 0 Å². The number of benzene rings is 2. The van der Waals surface area contributed by atoms with Gasteiger partial charge in [0.15, 0.2) is 0 Å². The Hall–Kier alpha value is -1.78. The molecule has 0 radical (unpaired) electrons. The van der Waals surface area contributed by atoms with Crippen molar-refractivity contribution in [2.45, 2.75) is 6.10 Å². The number of halogens is 2. The summed E-state index contributed by atoms with van der Waals surface area (Å²) in [7, 11) is 0. The second-order valence-electron chi connectivity index (χ2n) is 4.47. The van der Waals surface area contributed by atoms with Crippen LogP contribution >= 0.6 is 15.9 Å². The highest BCUT2D eigenvalue weighted by molar-refractivity contribution is 9.10. The summed E-state index contributed by atoms with van der Waals surface area (Å²) in [5, 5.41) is 11.3. The Kier molecular flexibility index (Phi) is 3.51. The highest BCUT2D eigenvalue weighted by atomic mass is 79.9. The predicted octanol–water partition coefficient (Wildman–Crippen LogP) is 4.22. The molecule has 1 aromatic heterocycles. The standard InChI is InChI=1S/C16H11BrFNO/c17-12-9-10-5-1-4-8-14(10)19-15(12)16(20)11-6-2-3-7-13(11)18/h1-9,16,20H. The highest BCUT2D eigenvalue weighted by Gasteiger charge is 2.19. The van der Waals surface area contributed by atoms with Crippen molar-refractivity contribution in [3.8, 4) is 0 Å². The van der Waals surface area contributed by atoms with Crippen LogP contribution in [0.15, 0.2) is 59.1 Å². The topological polar surface area (TPSA) is 33.1 Å². The molecule has 0 fully saturated rings. The molecule has 100 valence electrons. The van der Waals surface area contributed by atoms with Crippen molar-refractivity contribution in [1.82, 2.24) is 4.98 Å². The van der Waals surface area contributed by atoms with Crippen LogP contribution < -0.4 is 0 Å². The van der Waals surface area contributed by atoms with Crippen LogP contribution in [0.25, 0.3) is 10.9 Å². The molecule has 3 aromatic rings. The van der Waals surface area contributed by atoms with Crippen molar-refractivity contribution in [3.63, 3.8) is 0 Å². The van der Waals surface area contributed by atoms with Gasteiger partial charge in [-0.1, -0.05) is 36.4 Å². The van der Waals surface area contributed by atoms with Crippen LogP contribution in [0.4, 0.5) is 4.39 Å². The Morgan fingerprint density at radius 2 is 1.75 bits per heavy atom. The maximum atomic E-state index is 13.8. The molecule has 1 unspecified atom stereocenters. The Morgan fingerprint density at radius 3 is 2.55 bits per heavy atom. The van der Waals surface area contributed by atoms with Gasteiger partial charge in [0.05, 0.1) is 11.2 Å². The van der Waals surface area contributed by atoms with Crippen LogP contribution in [-0.4, -0.2) is 10.1 Å². The number of para-hydroxylation sites is 1. The zero-order valence-electron chi connectivity index (χ0n) is 10.4. The minimum atomic E-state index is -1.10. The second-order valence-corrected chi connectivity index (χ2v) is 5.33. The molecular weight excluding hydrogens is 321 g/mol. The summed E-state index contributed by atoms with van der Waals surface area (Å²) in [6, 6.07) is 15.6. The summed E-state index contributed by atoms with van der Waals surface area (Å²) in [6.45, 7) is 0. The van der Waals surface area contributed by atoms with E-state index in [4.69, 9.17) is 0 Å². The number of fused-ring (bicyclic) bond motifs is 1. The molecule has 4 heteroatoms. The average Bonchev–Trinajstić information content (AvgIpc) is 2.46. The van der Waals surface area contributed by atoms with Gasteiger partial charge in [0.2, 0.25) is 0 Å². The summed E-state index contributed by atoms with van der Waals surface area (Å²) in [5.41, 5.74) is 1.39. The minimum absolute atomic E-state index is 0.219. The van der Waals surface area contributed by atoms with Gasteiger partial charge in [0.25, 0.3) is 0 Å². The number of rotatable bonds is 2. The van der Waals surface area contributed by atoms with Crippen LogP contribution in [0.5, 0.6) is 0 Å². The Labute approximate surface area is 124 Å². The van der Waals surface area contributed by atoms with Crippen molar-refractivity contribution < 1.29 is 9.50 Å². The maximum absolute atomic E-state index is 13.8. The van der Waals surface area contributed by atoms with E-state index in [2.05, 4.69) is 20.9 Å². The zero-order chi connectivity index (χ0) is 14.1. The molecule has 0 aliphatic heterocycles. The van der Waals surface area contributed by atoms with Gasteiger partial charge in [0, 0.05) is 15.4 Å². The first kappa shape index (κ1) is 13.2. The normalized spacial score (nSPS) is 12.6. The number of aliphatic hydroxyl groups excluding tert-OH is 1. The molecule has 1 atom stereocenters. The minimum Gasteiger partial charge on any atom is -0.382 e. The summed E-state index contributed by atoms with van der Waals surface area (Å²) < 4.78 is 14.4. The second kappa shape index (κ2) is 5.31. The van der Waals surface area contributed by atoms with Crippen LogP contribution in [0.2, 0.25) is 0 Å². The lowest BCUT2D eigenvalue weighted by atomic mass is 10.0. The number of hydrogen-bond acceptors (Lipinski definition) is 2. The largest absolute Gasteiger partial charge is 0.382 e. The molecule has 3 rings (SSSR count). The zero-order valence-corrected chi connectivity index (χ0v) is 12.0. The quantitative estimate of drug-likeness (QED) is 0.762. The molecule has 20 heavy (non-hydrogen) atoms. The van der Waals surface area contributed by atoms with Gasteiger partial charge in [-0.15, -0.1) is 0 Å². The molecule has 0 aliphatic rings. The molecule has 0 bridgehead atoms. The van der Waals surface area contributed by atoms with Gasteiger partial charge in [-0.05, 0) is 34.1 Å². The predicted molar refractivity (Wildman–Crippen MR) is 79.9 cm³/mol. The lowest BCUT2D eigenvalue weighted by Gasteiger charge is -2.14. The lowest BCUT2D eigenvalue weighted by molar-refractivity contribution is 0.209. The van der Waals surface area contributed by atoms with E-state index in [0.717, 1.165) is 10.9 Å². The summed E-state index contributed by atoms with van der Waals surface area (Å²) in [6.07, 6.45) is -1.10. The fraction of sp³-hybridized carbons (Fsp3) is 0.0625. The van der Waals surface area contributed by atoms with E-state index < -0.39 is 11.9 Å². The Balaban J connectivity index is 2.14. The first-order valence-electron chi connectivity index (χ1n) is 6.14. The van der Waals surface area contributed by atoms with E-state index in [0.29, 0.717) is 10.2 Å². The number of hydrogen-bond donors (Lipinski definition) is 1.